The van der Waals surface area contributed by atoms with E-state index in [0.29, 0.717) is 11.6 Å². The molecule has 2 unspecified atom stereocenters. The highest BCUT2D eigenvalue weighted by molar-refractivity contribution is 5.48. The Labute approximate surface area is 126 Å². The third kappa shape index (κ3) is 2.09. The van der Waals surface area contributed by atoms with Crippen LogP contribution in [0.4, 0.5) is 10.2 Å². The molecule has 0 spiro atoms. The van der Waals surface area contributed by atoms with Crippen molar-refractivity contribution in [2.24, 2.45) is 5.92 Å². The maximum absolute atomic E-state index is 13.6. The summed E-state index contributed by atoms with van der Waals surface area (Å²) in [4.78, 5) is 2.19. The molecule has 3 aromatic rings. The summed E-state index contributed by atoms with van der Waals surface area (Å²) < 4.78 is 15.0. The van der Waals surface area contributed by atoms with E-state index in [2.05, 4.69) is 32.4 Å². The Kier molecular flexibility index (Phi) is 2.99. The van der Waals surface area contributed by atoms with Crippen LogP contribution in [0.15, 0.2) is 36.4 Å². The Morgan fingerprint density at radius 1 is 1.23 bits per heavy atom. The molecular weight excluding hydrogens is 283 g/mol. The van der Waals surface area contributed by atoms with Gasteiger partial charge >= 0.3 is 0 Å². The fourth-order valence-electron chi connectivity index (χ4n) is 3.20. The molecule has 4 rings (SSSR count). The van der Waals surface area contributed by atoms with Gasteiger partial charge in [-0.25, -0.2) is 4.39 Å². The summed E-state index contributed by atoms with van der Waals surface area (Å²) in [6.45, 7) is 3.06. The maximum Gasteiger partial charge on any atom is 0.200 e. The number of anilines is 1. The largest absolute Gasteiger partial charge is 0.348 e. The highest BCUT2D eigenvalue weighted by Crippen LogP contribution is 2.39. The average molecular weight is 298 g/mol. The van der Waals surface area contributed by atoms with Gasteiger partial charge in [-0.2, -0.15) is 0 Å². The number of hydrogen-bond acceptors (Lipinski definition) is 5. The third-order valence-corrected chi connectivity index (χ3v) is 4.24. The van der Waals surface area contributed by atoms with Crippen molar-refractivity contribution in [2.75, 3.05) is 11.4 Å². The topological polar surface area (TPSA) is 59.2 Å². The van der Waals surface area contributed by atoms with Gasteiger partial charge in [-0.3, -0.25) is 0 Å². The summed E-state index contributed by atoms with van der Waals surface area (Å²) in [5, 5.41) is 15.8. The number of fused-ring (bicyclic) bond motifs is 1. The normalized spacial score (nSPS) is 21.6. The molecule has 1 saturated heterocycles. The van der Waals surface area contributed by atoms with Crippen LogP contribution >= 0.6 is 0 Å². The van der Waals surface area contributed by atoms with Crippen molar-refractivity contribution in [1.82, 2.24) is 25.3 Å². The van der Waals surface area contributed by atoms with Gasteiger partial charge in [0.05, 0.1) is 6.04 Å². The molecule has 1 aliphatic heterocycles. The fourth-order valence-corrected chi connectivity index (χ4v) is 3.20. The molecule has 2 atom stereocenters. The highest BCUT2D eigenvalue weighted by Gasteiger charge is 2.33. The summed E-state index contributed by atoms with van der Waals surface area (Å²) in [7, 11) is 0. The van der Waals surface area contributed by atoms with Crippen LogP contribution in [-0.2, 0) is 0 Å². The van der Waals surface area contributed by atoms with Gasteiger partial charge in [-0.1, -0.05) is 19.1 Å². The lowest BCUT2D eigenvalue weighted by Crippen LogP contribution is -2.26. The number of tetrazole rings is 1. The zero-order chi connectivity index (χ0) is 15.1. The van der Waals surface area contributed by atoms with Crippen molar-refractivity contribution in [1.29, 1.82) is 0 Å². The van der Waals surface area contributed by atoms with Crippen molar-refractivity contribution in [3.05, 3.63) is 47.8 Å². The number of hydrogen-bond donors (Lipinski definition) is 0. The van der Waals surface area contributed by atoms with Crippen LogP contribution in [0.25, 0.3) is 5.65 Å². The molecule has 0 bridgehead atoms. The van der Waals surface area contributed by atoms with Crippen molar-refractivity contribution >= 4 is 11.5 Å². The molecular formula is C15H15FN6. The predicted molar refractivity (Wildman–Crippen MR) is 78.8 cm³/mol. The lowest BCUT2D eigenvalue weighted by molar-refractivity contribution is 0.524. The molecule has 0 saturated carbocycles. The standard InChI is InChI=1S/C15H15FN6/c1-10-7-8-21(15(10)11-3-2-4-12(16)9-11)14-6-5-13-17-19-20-22(13)18-14/h2-6,9-10,15H,7-8H2,1H3. The Hall–Kier alpha value is -2.57. The second-order valence-electron chi connectivity index (χ2n) is 5.68. The Morgan fingerprint density at radius 3 is 3.00 bits per heavy atom. The molecule has 6 nitrogen and oxygen atoms in total. The first-order chi connectivity index (χ1) is 10.7. The SMILES string of the molecule is CC1CCN(c2ccc3nnnn3n2)C1c1cccc(F)c1. The molecule has 1 aromatic carbocycles. The molecule has 7 heteroatoms. The van der Waals surface area contributed by atoms with E-state index in [1.54, 1.807) is 12.1 Å². The Balaban J connectivity index is 1.75. The fraction of sp³-hybridized carbons (Fsp3) is 0.333. The predicted octanol–water partition coefficient (Wildman–Crippen LogP) is 2.25. The number of nitrogens with zero attached hydrogens (tertiary/aromatic N) is 6. The van der Waals surface area contributed by atoms with Crippen LogP contribution in [0.3, 0.4) is 0 Å². The van der Waals surface area contributed by atoms with Gasteiger partial charge in [0.2, 0.25) is 0 Å². The minimum absolute atomic E-state index is 0.108. The minimum Gasteiger partial charge on any atom is -0.348 e. The van der Waals surface area contributed by atoms with Gasteiger partial charge in [0.1, 0.15) is 5.82 Å². The molecule has 112 valence electrons. The van der Waals surface area contributed by atoms with Crippen molar-refractivity contribution < 1.29 is 4.39 Å². The summed E-state index contributed by atoms with van der Waals surface area (Å²) >= 11 is 0. The number of halogens is 1. The van der Waals surface area contributed by atoms with Crippen LogP contribution < -0.4 is 4.90 Å². The zero-order valence-corrected chi connectivity index (χ0v) is 12.1. The van der Waals surface area contributed by atoms with Crippen LogP contribution in [0.2, 0.25) is 0 Å². The molecule has 1 aliphatic rings. The number of benzene rings is 1. The first kappa shape index (κ1) is 13.1. The minimum atomic E-state index is -0.208. The third-order valence-electron chi connectivity index (χ3n) is 4.24. The van der Waals surface area contributed by atoms with Crippen LogP contribution in [0.5, 0.6) is 0 Å². The molecule has 0 radical (unpaired) electrons. The number of aromatic nitrogens is 5. The van der Waals surface area contributed by atoms with Crippen LogP contribution in [-0.4, -0.2) is 31.8 Å². The van der Waals surface area contributed by atoms with E-state index in [1.807, 2.05) is 18.2 Å². The molecule has 2 aromatic heterocycles. The first-order valence-electron chi connectivity index (χ1n) is 7.30. The lowest BCUT2D eigenvalue weighted by Gasteiger charge is -2.28. The van der Waals surface area contributed by atoms with Crippen LogP contribution in [0, 0.1) is 11.7 Å². The van der Waals surface area contributed by atoms with Gasteiger partial charge in [-0.15, -0.1) is 14.8 Å². The molecule has 1 fully saturated rings. The first-order valence-corrected chi connectivity index (χ1v) is 7.30. The van der Waals surface area contributed by atoms with Crippen molar-refractivity contribution in [3.8, 4) is 0 Å². The van der Waals surface area contributed by atoms with Gasteiger partial charge in [-0.05, 0) is 52.6 Å². The van der Waals surface area contributed by atoms with E-state index in [4.69, 9.17) is 0 Å². The molecule has 22 heavy (non-hydrogen) atoms. The van der Waals surface area contributed by atoms with E-state index in [9.17, 15) is 4.39 Å². The van der Waals surface area contributed by atoms with E-state index >= 15 is 0 Å². The Bertz CT molecular complexity index is 816. The van der Waals surface area contributed by atoms with Gasteiger partial charge in [0.25, 0.3) is 0 Å². The van der Waals surface area contributed by atoms with Crippen molar-refractivity contribution in [2.45, 2.75) is 19.4 Å². The van der Waals surface area contributed by atoms with Gasteiger partial charge in [0.15, 0.2) is 11.5 Å². The summed E-state index contributed by atoms with van der Waals surface area (Å²) in [5.41, 5.74) is 1.59. The Morgan fingerprint density at radius 2 is 2.14 bits per heavy atom. The van der Waals surface area contributed by atoms with Crippen LogP contribution in [0.1, 0.15) is 24.9 Å². The molecule has 0 N–H and O–H groups in total. The molecule has 3 heterocycles. The van der Waals surface area contributed by atoms with E-state index in [-0.39, 0.29) is 11.9 Å². The summed E-state index contributed by atoms with van der Waals surface area (Å²) in [6.07, 6.45) is 1.04. The van der Waals surface area contributed by atoms with E-state index in [1.165, 1.54) is 10.7 Å². The maximum atomic E-state index is 13.6. The van der Waals surface area contributed by atoms with E-state index in [0.717, 1.165) is 24.3 Å². The lowest BCUT2D eigenvalue weighted by atomic mass is 9.95. The summed E-state index contributed by atoms with van der Waals surface area (Å²) in [5.74, 6) is 1.02. The highest BCUT2D eigenvalue weighted by atomic mass is 19.1. The number of rotatable bonds is 2. The zero-order valence-electron chi connectivity index (χ0n) is 12.1. The second-order valence-corrected chi connectivity index (χ2v) is 5.68. The molecule has 0 aliphatic carbocycles. The monoisotopic (exact) mass is 298 g/mol. The van der Waals surface area contributed by atoms with E-state index < -0.39 is 0 Å². The summed E-state index contributed by atoms with van der Waals surface area (Å²) in [6, 6.07) is 10.7. The quantitative estimate of drug-likeness (QED) is 0.726. The average Bonchev–Trinajstić information content (AvgIpc) is 3.12. The van der Waals surface area contributed by atoms with Gasteiger partial charge in [0, 0.05) is 6.54 Å². The second kappa shape index (κ2) is 5.01. The molecule has 0 amide bonds. The smallest absolute Gasteiger partial charge is 0.200 e. The van der Waals surface area contributed by atoms with Gasteiger partial charge < -0.3 is 4.90 Å². The van der Waals surface area contributed by atoms with Crippen molar-refractivity contribution in [3.63, 3.8) is 0 Å².